The van der Waals surface area contributed by atoms with Gasteiger partial charge in [0, 0.05) is 11.5 Å². The molecule has 0 aliphatic heterocycles. The van der Waals surface area contributed by atoms with E-state index in [1.54, 1.807) is 0 Å². The zero-order valence-corrected chi connectivity index (χ0v) is 27.8. The highest BCUT2D eigenvalue weighted by Crippen LogP contribution is 2.44. The third-order valence-corrected chi connectivity index (χ3v) is 11.1. The lowest BCUT2D eigenvalue weighted by atomic mass is 9.69. The van der Waals surface area contributed by atoms with Gasteiger partial charge in [-0.05, 0) is 134 Å². The van der Waals surface area contributed by atoms with Gasteiger partial charge in [-0.2, -0.15) is 0 Å². The minimum Gasteiger partial charge on any atom is -0.393 e. The first-order chi connectivity index (χ1) is 22.4. The predicted molar refractivity (Wildman–Crippen MR) is 195 cm³/mol. The molecule has 3 aromatic rings. The number of allylic oxidation sites excluding steroid dienone is 5. The molecule has 4 unspecified atom stereocenters. The van der Waals surface area contributed by atoms with Crippen LogP contribution in [0.5, 0.6) is 0 Å². The van der Waals surface area contributed by atoms with E-state index in [1.165, 1.54) is 71.1 Å². The largest absolute Gasteiger partial charge is 0.393 e. The van der Waals surface area contributed by atoms with Crippen molar-refractivity contribution in [3.63, 3.8) is 0 Å². The van der Waals surface area contributed by atoms with Gasteiger partial charge in [0.2, 0.25) is 0 Å². The van der Waals surface area contributed by atoms with E-state index in [1.807, 2.05) is 0 Å². The highest BCUT2D eigenvalue weighted by Gasteiger charge is 2.31. The van der Waals surface area contributed by atoms with Crippen LogP contribution in [0.25, 0.3) is 5.57 Å². The fourth-order valence-electron chi connectivity index (χ4n) is 8.57. The lowest BCUT2D eigenvalue weighted by Crippen LogP contribution is -2.23. The maximum Gasteiger partial charge on any atom is 0.0543 e. The Morgan fingerprint density at radius 1 is 0.891 bits per heavy atom. The molecule has 3 aliphatic rings. The lowest BCUT2D eigenvalue weighted by molar-refractivity contribution is 0.101. The molecule has 3 aliphatic carbocycles. The molecule has 0 aromatic heterocycles. The minimum absolute atomic E-state index is 0.145. The molecule has 2 fully saturated rings. The molecule has 3 aromatic carbocycles. The molecule has 0 spiro atoms. The number of aryl methyl sites for hydroxylation is 1. The summed E-state index contributed by atoms with van der Waals surface area (Å²) >= 11 is 0. The van der Waals surface area contributed by atoms with Gasteiger partial charge < -0.3 is 5.11 Å². The summed E-state index contributed by atoms with van der Waals surface area (Å²) in [5, 5.41) is 10.2. The summed E-state index contributed by atoms with van der Waals surface area (Å²) in [5.74, 6) is 5.74. The number of hydrogen-bond donors (Lipinski definition) is 1. The fraction of sp³-hybridized carbons (Fsp3) is 0.422. The van der Waals surface area contributed by atoms with E-state index < -0.39 is 0 Å². The first-order valence-corrected chi connectivity index (χ1v) is 17.9. The van der Waals surface area contributed by atoms with Crippen LogP contribution < -0.4 is 0 Å². The van der Waals surface area contributed by atoms with Crippen LogP contribution in [0.4, 0.5) is 0 Å². The summed E-state index contributed by atoms with van der Waals surface area (Å²) in [6, 6.07) is 27.1. The van der Waals surface area contributed by atoms with E-state index in [0.29, 0.717) is 29.6 Å². The van der Waals surface area contributed by atoms with Crippen LogP contribution >= 0.6 is 0 Å². The number of rotatable bonds is 11. The Morgan fingerprint density at radius 3 is 2.37 bits per heavy atom. The van der Waals surface area contributed by atoms with E-state index in [9.17, 15) is 5.11 Å². The standard InChI is InChI=1S/C45H52O/c1-4-38-20-18-37(30-43(38)29-36-11-8-12-44(46)31-36)28-35-16-21-40(22-17-35)45(33(3)14-15-34-9-6-5-7-10-34)41-25-23-39(24-26-41)42-19-13-32(2)27-42/h1,5-7,9-10,13,18-20,23-27,30,32,35-36,40,44-46H,3,8,11-12,14-17,21-22,28-29,31H2,2H3. The summed E-state index contributed by atoms with van der Waals surface area (Å²) in [7, 11) is 0. The van der Waals surface area contributed by atoms with Crippen molar-refractivity contribution in [3.05, 3.63) is 137 Å². The Labute approximate surface area is 278 Å². The Bertz CT molecular complexity index is 1560. The number of hydrogen-bond acceptors (Lipinski definition) is 1. The van der Waals surface area contributed by atoms with Gasteiger partial charge in [0.05, 0.1) is 6.10 Å². The second-order valence-electron chi connectivity index (χ2n) is 14.6. The topological polar surface area (TPSA) is 20.2 Å². The van der Waals surface area contributed by atoms with Crippen LogP contribution in [-0.4, -0.2) is 11.2 Å². The summed E-state index contributed by atoms with van der Waals surface area (Å²) in [5.41, 5.74) is 10.6. The molecule has 1 nitrogen and oxygen atoms in total. The Kier molecular flexibility index (Phi) is 10.8. The highest BCUT2D eigenvalue weighted by atomic mass is 16.3. The SMILES string of the molecule is C#Cc1ccc(CC2CCC(C(C(=C)CCc3ccccc3)c3ccc(C4=CC(C)C=C4)cc3)CC2)cc1CC1CCCC(O)C1. The van der Waals surface area contributed by atoms with E-state index in [0.717, 1.165) is 50.5 Å². The molecule has 1 N–H and O–H groups in total. The Morgan fingerprint density at radius 2 is 1.67 bits per heavy atom. The van der Waals surface area contributed by atoms with Crippen LogP contribution in [0.15, 0.2) is 103 Å². The highest BCUT2D eigenvalue weighted by molar-refractivity contribution is 5.76. The molecule has 0 bridgehead atoms. The minimum atomic E-state index is -0.145. The van der Waals surface area contributed by atoms with Crippen LogP contribution in [0.3, 0.4) is 0 Å². The van der Waals surface area contributed by atoms with Crippen molar-refractivity contribution in [1.29, 1.82) is 0 Å². The third kappa shape index (κ3) is 8.21. The Hall–Kier alpha value is -3.60. The van der Waals surface area contributed by atoms with Crippen LogP contribution in [0.1, 0.15) is 104 Å². The Balaban J connectivity index is 1.13. The number of aliphatic hydroxyl groups excluding tert-OH is 1. The smallest absolute Gasteiger partial charge is 0.0543 e. The quantitative estimate of drug-likeness (QED) is 0.170. The first kappa shape index (κ1) is 32.3. The molecule has 46 heavy (non-hydrogen) atoms. The van der Waals surface area contributed by atoms with Crippen molar-refractivity contribution in [1.82, 2.24) is 0 Å². The molecule has 0 radical (unpaired) electrons. The molecule has 1 heteroatoms. The van der Waals surface area contributed by atoms with Gasteiger partial charge in [-0.3, -0.25) is 0 Å². The summed E-state index contributed by atoms with van der Waals surface area (Å²) in [6.45, 7) is 6.99. The molecule has 4 atom stereocenters. The lowest BCUT2D eigenvalue weighted by Gasteiger charge is -2.36. The van der Waals surface area contributed by atoms with Crippen molar-refractivity contribution in [2.45, 2.75) is 96.0 Å². The summed E-state index contributed by atoms with van der Waals surface area (Å²) in [6.07, 6.45) is 26.1. The van der Waals surface area contributed by atoms with Gasteiger partial charge in [0.1, 0.15) is 0 Å². The van der Waals surface area contributed by atoms with Gasteiger partial charge in [-0.1, -0.05) is 116 Å². The normalized spacial score (nSPS) is 25.1. The number of aliphatic hydroxyl groups is 1. The summed E-state index contributed by atoms with van der Waals surface area (Å²) in [4.78, 5) is 0. The summed E-state index contributed by atoms with van der Waals surface area (Å²) < 4.78 is 0. The number of terminal acetylenes is 1. The first-order valence-electron chi connectivity index (χ1n) is 17.9. The number of benzene rings is 3. The van der Waals surface area contributed by atoms with Gasteiger partial charge in [0.25, 0.3) is 0 Å². The maximum atomic E-state index is 10.2. The molecular weight excluding hydrogens is 556 g/mol. The molecular formula is C45H52O. The van der Waals surface area contributed by atoms with Gasteiger partial charge in [-0.15, -0.1) is 6.42 Å². The van der Waals surface area contributed by atoms with Crippen molar-refractivity contribution in [3.8, 4) is 12.3 Å². The van der Waals surface area contributed by atoms with Crippen molar-refractivity contribution in [2.24, 2.45) is 23.7 Å². The van der Waals surface area contributed by atoms with Crippen molar-refractivity contribution >= 4 is 5.57 Å². The fourth-order valence-corrected chi connectivity index (χ4v) is 8.57. The van der Waals surface area contributed by atoms with Crippen LogP contribution in [-0.2, 0) is 19.3 Å². The maximum absolute atomic E-state index is 10.2. The molecule has 238 valence electrons. The monoisotopic (exact) mass is 608 g/mol. The molecule has 0 heterocycles. The van der Waals surface area contributed by atoms with E-state index in [4.69, 9.17) is 13.0 Å². The molecule has 2 saturated carbocycles. The van der Waals surface area contributed by atoms with Crippen LogP contribution in [0, 0.1) is 36.0 Å². The average Bonchev–Trinajstić information content (AvgIpc) is 3.52. The van der Waals surface area contributed by atoms with E-state index in [-0.39, 0.29) is 6.10 Å². The van der Waals surface area contributed by atoms with Gasteiger partial charge in [-0.25, -0.2) is 0 Å². The second kappa shape index (κ2) is 15.3. The predicted octanol–water partition coefficient (Wildman–Crippen LogP) is 10.7. The zero-order chi connectivity index (χ0) is 31.9. The van der Waals surface area contributed by atoms with Gasteiger partial charge in [0.15, 0.2) is 0 Å². The van der Waals surface area contributed by atoms with Crippen molar-refractivity contribution < 1.29 is 5.11 Å². The van der Waals surface area contributed by atoms with E-state index >= 15 is 0 Å². The van der Waals surface area contributed by atoms with Crippen LogP contribution in [0.2, 0.25) is 0 Å². The third-order valence-electron chi connectivity index (χ3n) is 11.1. The molecule has 0 saturated heterocycles. The van der Waals surface area contributed by atoms with E-state index in [2.05, 4.69) is 104 Å². The molecule has 6 rings (SSSR count). The molecule has 0 amide bonds. The van der Waals surface area contributed by atoms with Gasteiger partial charge >= 0.3 is 0 Å². The second-order valence-corrected chi connectivity index (χ2v) is 14.6. The average molecular weight is 609 g/mol. The zero-order valence-electron chi connectivity index (χ0n) is 27.8. The van der Waals surface area contributed by atoms with Crippen molar-refractivity contribution in [2.75, 3.05) is 0 Å².